The minimum atomic E-state index is -3.66. The van der Waals surface area contributed by atoms with Gasteiger partial charge in [-0.15, -0.1) is 0 Å². The number of esters is 1. The Morgan fingerprint density at radius 2 is 2.04 bits per heavy atom. The van der Waals surface area contributed by atoms with Gasteiger partial charge in [-0.25, -0.2) is 13.2 Å². The summed E-state index contributed by atoms with van der Waals surface area (Å²) in [7, 11) is -3.66. The highest BCUT2D eigenvalue weighted by Gasteiger charge is 2.31. The minimum Gasteiger partial charge on any atom is -0.454 e. The van der Waals surface area contributed by atoms with Crippen molar-refractivity contribution < 1.29 is 22.7 Å². The van der Waals surface area contributed by atoms with Crippen LogP contribution in [-0.2, 0) is 24.3 Å². The van der Waals surface area contributed by atoms with Crippen LogP contribution in [0.15, 0.2) is 34.2 Å². The summed E-state index contributed by atoms with van der Waals surface area (Å²) in [5.74, 6) is -0.997. The van der Waals surface area contributed by atoms with Gasteiger partial charge in [-0.2, -0.15) is 0 Å². The Bertz CT molecular complexity index is 789. The standard InChI is InChI=1S/C16H21N3O5S/c1-3-4-9-17-14(20)10-24-16(21)11(2)18-15-12-7-5-6-8-13(12)25(22,23)19-15/h5-8,11H,3-4,9-10H2,1-2H3,(H,17,20)(H,18,19)/t11-/m0/s1. The molecule has 8 nitrogen and oxygen atoms in total. The van der Waals surface area contributed by atoms with Gasteiger partial charge in [-0.1, -0.05) is 25.5 Å². The molecule has 1 aliphatic rings. The number of hydrogen-bond acceptors (Lipinski definition) is 6. The first-order chi connectivity index (χ1) is 11.8. The SMILES string of the molecule is CCCCNC(=O)COC(=O)[C@H](C)N=C1NS(=O)(=O)c2ccccc21. The van der Waals surface area contributed by atoms with E-state index in [1.807, 2.05) is 6.92 Å². The molecule has 1 heterocycles. The first-order valence-electron chi connectivity index (χ1n) is 7.98. The molecule has 0 aliphatic carbocycles. The monoisotopic (exact) mass is 367 g/mol. The zero-order valence-corrected chi connectivity index (χ0v) is 14.9. The van der Waals surface area contributed by atoms with Crippen molar-refractivity contribution in [1.82, 2.24) is 10.0 Å². The highest BCUT2D eigenvalue weighted by molar-refractivity contribution is 7.90. The lowest BCUT2D eigenvalue weighted by Gasteiger charge is -2.09. The van der Waals surface area contributed by atoms with Crippen LogP contribution < -0.4 is 10.0 Å². The molecule has 0 fully saturated rings. The normalized spacial score (nSPS) is 17.4. The Morgan fingerprint density at radius 1 is 1.32 bits per heavy atom. The van der Waals surface area contributed by atoms with Crippen LogP contribution in [0.5, 0.6) is 0 Å². The number of hydrogen-bond donors (Lipinski definition) is 2. The van der Waals surface area contributed by atoms with Gasteiger partial charge in [0.15, 0.2) is 6.61 Å². The third-order valence-electron chi connectivity index (χ3n) is 3.52. The van der Waals surface area contributed by atoms with Crippen LogP contribution in [0.2, 0.25) is 0 Å². The number of fused-ring (bicyclic) bond motifs is 1. The quantitative estimate of drug-likeness (QED) is 0.540. The number of aliphatic imine (C=N–C) groups is 1. The lowest BCUT2D eigenvalue weighted by molar-refractivity contribution is -0.149. The Balaban J connectivity index is 1.97. The second kappa shape index (κ2) is 8.11. The number of benzene rings is 1. The average Bonchev–Trinajstić information content (AvgIpc) is 2.84. The van der Waals surface area contributed by atoms with Crippen LogP contribution in [0.3, 0.4) is 0 Å². The van der Waals surface area contributed by atoms with Crippen LogP contribution in [0.4, 0.5) is 0 Å². The maximum absolute atomic E-state index is 12.0. The third kappa shape index (κ3) is 4.79. The first kappa shape index (κ1) is 18.9. The van der Waals surface area contributed by atoms with Crippen molar-refractivity contribution in [2.45, 2.75) is 37.6 Å². The van der Waals surface area contributed by atoms with E-state index in [2.05, 4.69) is 15.0 Å². The van der Waals surface area contributed by atoms with E-state index in [9.17, 15) is 18.0 Å². The van der Waals surface area contributed by atoms with Gasteiger partial charge in [-0.05, 0) is 25.5 Å². The predicted octanol–water partition coefficient (Wildman–Crippen LogP) is 0.573. The van der Waals surface area contributed by atoms with E-state index in [0.29, 0.717) is 12.1 Å². The van der Waals surface area contributed by atoms with E-state index in [4.69, 9.17) is 4.74 Å². The molecule has 25 heavy (non-hydrogen) atoms. The summed E-state index contributed by atoms with van der Waals surface area (Å²) >= 11 is 0. The van der Waals surface area contributed by atoms with Gasteiger partial charge >= 0.3 is 5.97 Å². The fourth-order valence-corrected chi connectivity index (χ4v) is 3.43. The average molecular weight is 367 g/mol. The molecule has 0 unspecified atom stereocenters. The largest absolute Gasteiger partial charge is 0.454 e. The summed E-state index contributed by atoms with van der Waals surface area (Å²) in [6.45, 7) is 3.62. The number of unbranched alkanes of at least 4 members (excludes halogenated alkanes) is 1. The van der Waals surface area contributed by atoms with Crippen molar-refractivity contribution in [3.8, 4) is 0 Å². The smallest absolute Gasteiger partial charge is 0.331 e. The summed E-state index contributed by atoms with van der Waals surface area (Å²) in [5.41, 5.74) is 0.402. The van der Waals surface area contributed by atoms with E-state index >= 15 is 0 Å². The lowest BCUT2D eigenvalue weighted by atomic mass is 10.2. The molecule has 2 rings (SSSR count). The molecule has 0 spiro atoms. The molecule has 136 valence electrons. The van der Waals surface area contributed by atoms with Crippen molar-refractivity contribution in [2.24, 2.45) is 4.99 Å². The maximum atomic E-state index is 12.0. The molecule has 1 aromatic rings. The molecule has 2 N–H and O–H groups in total. The van der Waals surface area contributed by atoms with Gasteiger partial charge in [0.05, 0.1) is 4.90 Å². The molecule has 0 saturated carbocycles. The maximum Gasteiger partial charge on any atom is 0.331 e. The Kier molecular flexibility index (Phi) is 6.13. The Hall–Kier alpha value is -2.42. The Morgan fingerprint density at radius 3 is 2.76 bits per heavy atom. The fourth-order valence-electron chi connectivity index (χ4n) is 2.19. The predicted molar refractivity (Wildman–Crippen MR) is 91.6 cm³/mol. The molecular formula is C16H21N3O5S. The van der Waals surface area contributed by atoms with Crippen LogP contribution in [0, 0.1) is 0 Å². The molecule has 1 amide bonds. The highest BCUT2D eigenvalue weighted by atomic mass is 32.2. The molecule has 1 atom stereocenters. The van der Waals surface area contributed by atoms with Crippen LogP contribution in [0.1, 0.15) is 32.3 Å². The number of nitrogens with zero attached hydrogens (tertiary/aromatic N) is 1. The molecule has 1 aromatic carbocycles. The number of carbonyl (C=O) groups is 2. The second-order valence-electron chi connectivity index (χ2n) is 5.57. The molecule has 0 aromatic heterocycles. The summed E-state index contributed by atoms with van der Waals surface area (Å²) in [6.07, 6.45) is 1.80. The van der Waals surface area contributed by atoms with Gasteiger partial charge in [0, 0.05) is 12.1 Å². The van der Waals surface area contributed by atoms with E-state index < -0.39 is 22.0 Å². The van der Waals surface area contributed by atoms with Gasteiger partial charge in [0.25, 0.3) is 15.9 Å². The van der Waals surface area contributed by atoms with Crippen LogP contribution >= 0.6 is 0 Å². The van der Waals surface area contributed by atoms with E-state index in [1.165, 1.54) is 13.0 Å². The highest BCUT2D eigenvalue weighted by Crippen LogP contribution is 2.22. The lowest BCUT2D eigenvalue weighted by Crippen LogP contribution is -2.32. The van der Waals surface area contributed by atoms with E-state index in [1.54, 1.807) is 18.2 Å². The van der Waals surface area contributed by atoms with Crippen molar-refractivity contribution in [1.29, 1.82) is 0 Å². The molecule has 0 saturated heterocycles. The van der Waals surface area contributed by atoms with Gasteiger partial charge in [0.2, 0.25) is 0 Å². The molecule has 0 radical (unpaired) electrons. The van der Waals surface area contributed by atoms with Crippen molar-refractivity contribution >= 4 is 27.7 Å². The number of nitrogens with one attached hydrogen (secondary N) is 2. The zero-order chi connectivity index (χ0) is 18.4. The second-order valence-corrected chi connectivity index (χ2v) is 7.22. The summed E-state index contributed by atoms with van der Waals surface area (Å²) in [4.78, 5) is 27.7. The minimum absolute atomic E-state index is 0.0902. The number of carbonyl (C=O) groups excluding carboxylic acids is 2. The number of amidine groups is 1. The number of sulfonamides is 1. The van der Waals surface area contributed by atoms with Gasteiger partial charge < -0.3 is 10.1 Å². The third-order valence-corrected chi connectivity index (χ3v) is 4.92. The molecule has 0 bridgehead atoms. The van der Waals surface area contributed by atoms with Gasteiger partial charge in [0.1, 0.15) is 11.9 Å². The zero-order valence-electron chi connectivity index (χ0n) is 14.1. The fraction of sp³-hybridized carbons (Fsp3) is 0.438. The summed E-state index contributed by atoms with van der Waals surface area (Å²) in [5, 5.41) is 2.63. The van der Waals surface area contributed by atoms with Crippen molar-refractivity contribution in [2.75, 3.05) is 13.2 Å². The van der Waals surface area contributed by atoms with E-state index in [0.717, 1.165) is 12.8 Å². The first-order valence-corrected chi connectivity index (χ1v) is 9.47. The summed E-state index contributed by atoms with van der Waals surface area (Å²) in [6, 6.07) is 5.40. The van der Waals surface area contributed by atoms with Gasteiger partial charge in [-0.3, -0.25) is 14.5 Å². The number of rotatable bonds is 7. The molecule has 1 aliphatic heterocycles. The van der Waals surface area contributed by atoms with Crippen molar-refractivity contribution in [3.63, 3.8) is 0 Å². The van der Waals surface area contributed by atoms with E-state index in [-0.39, 0.29) is 23.2 Å². The van der Waals surface area contributed by atoms with Crippen molar-refractivity contribution in [3.05, 3.63) is 29.8 Å². The molecule has 9 heteroatoms. The number of ether oxygens (including phenoxy) is 1. The van der Waals surface area contributed by atoms with Crippen LogP contribution in [0.25, 0.3) is 0 Å². The molecular weight excluding hydrogens is 346 g/mol. The summed E-state index contributed by atoms with van der Waals surface area (Å²) < 4.78 is 31.2. The number of amides is 1. The van der Waals surface area contributed by atoms with Crippen LogP contribution in [-0.4, -0.2) is 45.3 Å². The topological polar surface area (TPSA) is 114 Å². The Labute approximate surface area is 146 Å².